The molecule has 0 spiro atoms. The second-order valence-corrected chi connectivity index (χ2v) is 6.94. The summed E-state index contributed by atoms with van der Waals surface area (Å²) in [5, 5.41) is 14.3. The Morgan fingerprint density at radius 1 is 1.31 bits per heavy atom. The lowest BCUT2D eigenvalue weighted by Crippen LogP contribution is -2.29. The molecule has 1 N–H and O–H groups in total. The molecule has 0 amide bonds. The van der Waals surface area contributed by atoms with Gasteiger partial charge in [-0.05, 0) is 17.7 Å². The Morgan fingerprint density at radius 3 is 2.81 bits per heavy atom. The van der Waals surface area contributed by atoms with Gasteiger partial charge in [-0.3, -0.25) is 24.4 Å². The van der Waals surface area contributed by atoms with Gasteiger partial charge in [0.25, 0.3) is 0 Å². The predicted octanol–water partition coefficient (Wildman–Crippen LogP) is 3.61. The predicted molar refractivity (Wildman–Crippen MR) is 106 cm³/mol. The van der Waals surface area contributed by atoms with Gasteiger partial charge in [0.1, 0.15) is 12.5 Å². The summed E-state index contributed by atoms with van der Waals surface area (Å²) in [5.74, 6) is -0.760. The van der Waals surface area contributed by atoms with E-state index < -0.39 is 23.3 Å². The first-order chi connectivity index (χ1) is 15.2. The number of nitrogens with zero attached hydrogens (tertiary/aromatic N) is 6. The fourth-order valence-electron chi connectivity index (χ4n) is 3.35. The number of alkyl halides is 3. The van der Waals surface area contributed by atoms with Crippen LogP contribution in [0.3, 0.4) is 0 Å². The van der Waals surface area contributed by atoms with Gasteiger partial charge in [-0.2, -0.15) is 4.98 Å². The van der Waals surface area contributed by atoms with Crippen LogP contribution in [-0.2, 0) is 11.3 Å². The van der Waals surface area contributed by atoms with Crippen LogP contribution in [0.4, 0.5) is 24.7 Å². The number of nitrogens with one attached hydrogen (secondary N) is 1. The van der Waals surface area contributed by atoms with E-state index >= 15 is 0 Å². The molecule has 2 unspecified atom stereocenters. The minimum absolute atomic E-state index is 0.0194. The van der Waals surface area contributed by atoms with Crippen LogP contribution in [0.5, 0.6) is 0 Å². The van der Waals surface area contributed by atoms with E-state index in [-0.39, 0.29) is 24.0 Å². The van der Waals surface area contributed by atoms with Gasteiger partial charge in [0, 0.05) is 24.9 Å². The van der Waals surface area contributed by atoms with Crippen LogP contribution >= 0.6 is 0 Å². The summed E-state index contributed by atoms with van der Waals surface area (Å²) in [5.41, 5.74) is 1.26. The number of pyridine rings is 1. The second-order valence-electron chi connectivity index (χ2n) is 6.94. The van der Waals surface area contributed by atoms with Crippen LogP contribution in [0.25, 0.3) is 12.0 Å². The summed E-state index contributed by atoms with van der Waals surface area (Å²) in [6, 6.07) is 3.51. The number of ether oxygens (including phenoxy) is 1. The van der Waals surface area contributed by atoms with E-state index in [0.717, 1.165) is 11.8 Å². The van der Waals surface area contributed by atoms with Crippen molar-refractivity contribution >= 4 is 17.6 Å². The van der Waals surface area contributed by atoms with Crippen molar-refractivity contribution in [1.82, 2.24) is 24.5 Å². The fraction of sp³-hybridized carbons (Fsp3) is 0.263. The third-order valence-corrected chi connectivity index (χ3v) is 4.82. The van der Waals surface area contributed by atoms with Crippen LogP contribution in [0.2, 0.25) is 0 Å². The van der Waals surface area contributed by atoms with Crippen molar-refractivity contribution in [3.05, 3.63) is 70.2 Å². The van der Waals surface area contributed by atoms with Gasteiger partial charge in [-0.25, -0.2) is 9.97 Å². The Balaban J connectivity index is 1.67. The standard InChI is InChI=1S/C19H16F3N7O3/c1-11-15(32-19(20,21)22)5-4-13-16(11)28(10-26-13)18-25-9-14(29(30)31)17(27-18)24-8-12-3-2-6-23-7-12/h2-7,9-11,15H,8H2,1H3,(H,24,25,27). The normalized spacial score (nSPS) is 17.8. The number of hydrogen-bond acceptors (Lipinski definition) is 8. The van der Waals surface area contributed by atoms with Gasteiger partial charge in [0.2, 0.25) is 11.8 Å². The molecule has 0 saturated heterocycles. The zero-order valence-corrected chi connectivity index (χ0v) is 16.5. The van der Waals surface area contributed by atoms with Crippen molar-refractivity contribution in [1.29, 1.82) is 0 Å². The van der Waals surface area contributed by atoms with E-state index in [2.05, 4.69) is 30.0 Å². The molecule has 0 aliphatic heterocycles. The molecule has 2 atom stereocenters. The van der Waals surface area contributed by atoms with Gasteiger partial charge < -0.3 is 5.32 Å². The molecule has 0 bridgehead atoms. The highest BCUT2D eigenvalue weighted by Crippen LogP contribution is 2.35. The molecule has 0 radical (unpaired) electrons. The van der Waals surface area contributed by atoms with Crippen molar-refractivity contribution in [2.24, 2.45) is 0 Å². The lowest BCUT2D eigenvalue weighted by Gasteiger charge is -2.26. The summed E-state index contributed by atoms with van der Waals surface area (Å²) < 4.78 is 43.9. The number of halogens is 3. The molecule has 166 valence electrons. The van der Waals surface area contributed by atoms with Crippen molar-refractivity contribution in [2.75, 3.05) is 5.32 Å². The molecule has 0 saturated carbocycles. The van der Waals surface area contributed by atoms with Gasteiger partial charge in [-0.1, -0.05) is 19.1 Å². The second kappa shape index (κ2) is 8.34. The molecule has 3 aromatic heterocycles. The monoisotopic (exact) mass is 447 g/mol. The first-order valence-electron chi connectivity index (χ1n) is 9.37. The Hall–Kier alpha value is -3.87. The first-order valence-corrected chi connectivity index (χ1v) is 9.37. The maximum Gasteiger partial charge on any atom is 0.523 e. The average molecular weight is 447 g/mol. The molecule has 1 aliphatic carbocycles. The van der Waals surface area contributed by atoms with Gasteiger partial charge >= 0.3 is 12.0 Å². The van der Waals surface area contributed by atoms with Crippen molar-refractivity contribution in [3.63, 3.8) is 0 Å². The van der Waals surface area contributed by atoms with Crippen LogP contribution in [0, 0.1) is 10.1 Å². The van der Waals surface area contributed by atoms with E-state index in [9.17, 15) is 23.3 Å². The Bertz CT molecular complexity index is 1160. The van der Waals surface area contributed by atoms with Crippen LogP contribution < -0.4 is 5.32 Å². The smallest absolute Gasteiger partial charge is 0.360 e. The Kier molecular flexibility index (Phi) is 5.57. The SMILES string of the molecule is CC1c2c(ncn2-c2ncc([N+](=O)[O-])c(NCc3cccnc3)n2)C=CC1OC(F)(F)F. The molecule has 0 aromatic carbocycles. The molecule has 10 nitrogen and oxygen atoms in total. The van der Waals surface area contributed by atoms with Gasteiger partial charge in [0.05, 0.1) is 22.4 Å². The summed E-state index contributed by atoms with van der Waals surface area (Å²) in [6.45, 7) is 1.78. The van der Waals surface area contributed by atoms with Crippen molar-refractivity contribution in [2.45, 2.75) is 31.9 Å². The van der Waals surface area contributed by atoms with E-state index in [1.165, 1.54) is 23.0 Å². The third kappa shape index (κ3) is 4.42. The highest BCUT2D eigenvalue weighted by atomic mass is 19.4. The van der Waals surface area contributed by atoms with E-state index in [1.54, 1.807) is 31.5 Å². The molecule has 32 heavy (non-hydrogen) atoms. The number of fused-ring (bicyclic) bond motifs is 1. The zero-order chi connectivity index (χ0) is 22.9. The highest BCUT2D eigenvalue weighted by molar-refractivity contribution is 5.58. The zero-order valence-electron chi connectivity index (χ0n) is 16.5. The molecular weight excluding hydrogens is 431 g/mol. The minimum atomic E-state index is -4.81. The van der Waals surface area contributed by atoms with Gasteiger partial charge in [-0.15, -0.1) is 13.2 Å². The van der Waals surface area contributed by atoms with E-state index in [1.807, 2.05) is 0 Å². The fourth-order valence-corrected chi connectivity index (χ4v) is 3.35. The number of aromatic nitrogens is 5. The first kappa shape index (κ1) is 21.4. The van der Waals surface area contributed by atoms with Crippen LogP contribution in [-0.4, -0.2) is 41.9 Å². The molecule has 3 aromatic rings. The van der Waals surface area contributed by atoms with Crippen LogP contribution in [0.1, 0.15) is 29.8 Å². The Morgan fingerprint density at radius 2 is 2.12 bits per heavy atom. The molecule has 1 aliphatic rings. The molecule has 3 heterocycles. The molecule has 0 fully saturated rings. The minimum Gasteiger partial charge on any atom is -0.360 e. The average Bonchev–Trinajstić information content (AvgIpc) is 3.19. The van der Waals surface area contributed by atoms with Crippen LogP contribution in [0.15, 0.2) is 43.1 Å². The molecule has 4 rings (SSSR count). The van der Waals surface area contributed by atoms with Crippen molar-refractivity contribution in [3.8, 4) is 5.95 Å². The Labute approximate surface area is 179 Å². The number of rotatable bonds is 6. The lowest BCUT2D eigenvalue weighted by atomic mass is 9.93. The van der Waals surface area contributed by atoms with Gasteiger partial charge in [0.15, 0.2) is 0 Å². The lowest BCUT2D eigenvalue weighted by molar-refractivity contribution is -0.384. The largest absolute Gasteiger partial charge is 0.523 e. The third-order valence-electron chi connectivity index (χ3n) is 4.82. The number of anilines is 1. The summed E-state index contributed by atoms with van der Waals surface area (Å²) in [4.78, 5) is 27.2. The van der Waals surface area contributed by atoms with E-state index in [4.69, 9.17) is 0 Å². The summed E-state index contributed by atoms with van der Waals surface area (Å²) in [7, 11) is 0. The number of nitro groups is 1. The molecular formula is C19H16F3N7O3. The summed E-state index contributed by atoms with van der Waals surface area (Å²) >= 11 is 0. The highest BCUT2D eigenvalue weighted by Gasteiger charge is 2.38. The number of hydrogen-bond donors (Lipinski definition) is 1. The van der Waals surface area contributed by atoms with E-state index in [0.29, 0.717) is 11.4 Å². The van der Waals surface area contributed by atoms with Crippen molar-refractivity contribution < 1.29 is 22.8 Å². The quantitative estimate of drug-likeness (QED) is 0.449. The topological polar surface area (TPSA) is 121 Å². The maximum absolute atomic E-state index is 12.8. The summed E-state index contributed by atoms with van der Waals surface area (Å²) in [6.07, 6.45) is 2.23. The maximum atomic E-state index is 12.8. The molecule has 13 heteroatoms. The number of imidazole rings is 1.